The van der Waals surface area contributed by atoms with Crippen molar-refractivity contribution < 1.29 is 4.74 Å². The van der Waals surface area contributed by atoms with Crippen molar-refractivity contribution >= 4 is 5.82 Å². The summed E-state index contributed by atoms with van der Waals surface area (Å²) >= 11 is 0. The van der Waals surface area contributed by atoms with Crippen LogP contribution in [0.2, 0.25) is 0 Å². The molecule has 0 aliphatic carbocycles. The molecule has 1 aliphatic rings. The van der Waals surface area contributed by atoms with Gasteiger partial charge in [-0.15, -0.1) is 0 Å². The molecule has 112 valence electrons. The van der Waals surface area contributed by atoms with Crippen LogP contribution in [0.25, 0.3) is 11.3 Å². The molecule has 0 bridgehead atoms. The van der Waals surface area contributed by atoms with Gasteiger partial charge in [-0.05, 0) is 43.0 Å². The van der Waals surface area contributed by atoms with Crippen molar-refractivity contribution in [2.24, 2.45) is 5.92 Å². The van der Waals surface area contributed by atoms with Crippen molar-refractivity contribution in [3.8, 4) is 17.0 Å². The monoisotopic (exact) mass is 285 g/mol. The van der Waals surface area contributed by atoms with Gasteiger partial charge < -0.3 is 15.0 Å². The molecular weight excluding hydrogens is 262 g/mol. The van der Waals surface area contributed by atoms with Crippen LogP contribution in [0.4, 0.5) is 5.82 Å². The fourth-order valence-corrected chi connectivity index (χ4v) is 2.82. The first-order chi connectivity index (χ1) is 10.2. The lowest BCUT2D eigenvalue weighted by atomic mass is 10.0. The van der Waals surface area contributed by atoms with Crippen molar-refractivity contribution in [2.75, 3.05) is 12.3 Å². The number of nitrogens with zero attached hydrogens (tertiary/aromatic N) is 2. The quantitative estimate of drug-likeness (QED) is 0.935. The van der Waals surface area contributed by atoms with Crippen molar-refractivity contribution in [1.82, 2.24) is 9.55 Å². The van der Waals surface area contributed by atoms with Gasteiger partial charge >= 0.3 is 0 Å². The number of imidazole rings is 1. The van der Waals surface area contributed by atoms with Crippen molar-refractivity contribution in [3.63, 3.8) is 0 Å². The average molecular weight is 285 g/mol. The van der Waals surface area contributed by atoms with Gasteiger partial charge in [0.1, 0.15) is 23.1 Å². The second kappa shape index (κ2) is 5.80. The Bertz CT molecular complexity index is 616. The topological polar surface area (TPSA) is 53.1 Å². The number of rotatable bonds is 4. The Balaban J connectivity index is 1.87. The number of fused-ring (bicyclic) bond motifs is 1. The molecule has 0 spiro atoms. The van der Waals surface area contributed by atoms with Crippen molar-refractivity contribution in [2.45, 2.75) is 39.7 Å². The van der Waals surface area contributed by atoms with Gasteiger partial charge in [-0.3, -0.25) is 0 Å². The second-order valence-electron chi connectivity index (χ2n) is 5.88. The Kier molecular flexibility index (Phi) is 3.86. The summed E-state index contributed by atoms with van der Waals surface area (Å²) in [6.45, 7) is 6.10. The maximum absolute atomic E-state index is 6.29. The molecule has 0 amide bonds. The number of anilines is 1. The van der Waals surface area contributed by atoms with Crippen LogP contribution in [0.5, 0.6) is 5.75 Å². The van der Waals surface area contributed by atoms with Gasteiger partial charge in [0.15, 0.2) is 0 Å². The molecule has 2 aromatic rings. The van der Waals surface area contributed by atoms with Crippen LogP contribution in [-0.4, -0.2) is 16.2 Å². The van der Waals surface area contributed by atoms with Gasteiger partial charge in [-0.1, -0.05) is 13.8 Å². The Hall–Kier alpha value is -1.97. The summed E-state index contributed by atoms with van der Waals surface area (Å²) in [6, 6.07) is 8.06. The minimum Gasteiger partial charge on any atom is -0.494 e. The molecule has 0 fully saturated rings. The molecule has 21 heavy (non-hydrogen) atoms. The van der Waals surface area contributed by atoms with E-state index in [1.54, 1.807) is 0 Å². The molecule has 1 unspecified atom stereocenters. The van der Waals surface area contributed by atoms with E-state index < -0.39 is 0 Å². The molecule has 0 saturated heterocycles. The zero-order chi connectivity index (χ0) is 14.8. The van der Waals surface area contributed by atoms with Crippen molar-refractivity contribution in [3.05, 3.63) is 30.1 Å². The Labute approximate surface area is 125 Å². The van der Waals surface area contributed by atoms with E-state index in [2.05, 4.69) is 18.4 Å². The number of nitrogens with two attached hydrogens (primary N) is 1. The largest absolute Gasteiger partial charge is 0.494 e. The highest BCUT2D eigenvalue weighted by Gasteiger charge is 2.22. The molecular formula is C17H23N3O. The lowest BCUT2D eigenvalue weighted by molar-refractivity contribution is 0.317. The van der Waals surface area contributed by atoms with Crippen LogP contribution in [0.15, 0.2) is 24.3 Å². The summed E-state index contributed by atoms with van der Waals surface area (Å²) in [5, 5.41) is 0. The van der Waals surface area contributed by atoms with E-state index in [-0.39, 0.29) is 0 Å². The Morgan fingerprint density at radius 3 is 2.81 bits per heavy atom. The minimum atomic E-state index is 0.692. The zero-order valence-electron chi connectivity index (χ0n) is 12.8. The Morgan fingerprint density at radius 1 is 1.33 bits per heavy atom. The molecule has 2 heterocycles. The second-order valence-corrected chi connectivity index (χ2v) is 5.88. The smallest absolute Gasteiger partial charge is 0.131 e. The van der Waals surface area contributed by atoms with Crippen LogP contribution >= 0.6 is 0 Å². The van der Waals surface area contributed by atoms with Crippen LogP contribution < -0.4 is 10.5 Å². The maximum Gasteiger partial charge on any atom is 0.131 e. The van der Waals surface area contributed by atoms with E-state index in [1.807, 2.05) is 24.3 Å². The van der Waals surface area contributed by atoms with Crippen molar-refractivity contribution in [1.29, 1.82) is 0 Å². The number of benzene rings is 1. The van der Waals surface area contributed by atoms with E-state index in [0.717, 1.165) is 54.6 Å². The van der Waals surface area contributed by atoms with Gasteiger partial charge in [-0.25, -0.2) is 4.98 Å². The number of hydrogen-bond donors (Lipinski definition) is 1. The first-order valence-electron chi connectivity index (χ1n) is 7.77. The average Bonchev–Trinajstić information content (AvgIpc) is 2.82. The summed E-state index contributed by atoms with van der Waals surface area (Å²) in [6.07, 6.45) is 3.21. The van der Waals surface area contributed by atoms with Crippen LogP contribution in [0.1, 0.15) is 32.5 Å². The molecule has 1 atom stereocenters. The lowest BCUT2D eigenvalue weighted by Gasteiger charge is -2.20. The SMILES string of the molecule is CCCOc1ccc(-c2nc3n(c2N)CCC(C)C3)cc1. The minimum absolute atomic E-state index is 0.692. The molecule has 0 radical (unpaired) electrons. The summed E-state index contributed by atoms with van der Waals surface area (Å²) < 4.78 is 7.78. The summed E-state index contributed by atoms with van der Waals surface area (Å²) in [5.74, 6) is 3.50. The van der Waals surface area contributed by atoms with Crippen LogP contribution in [-0.2, 0) is 13.0 Å². The van der Waals surface area contributed by atoms with Gasteiger partial charge in [0.05, 0.1) is 6.61 Å². The molecule has 1 aliphatic heterocycles. The number of ether oxygens (including phenoxy) is 1. The third kappa shape index (κ3) is 2.75. The standard InChI is InChI=1S/C17H23N3O/c1-3-10-21-14-6-4-13(5-7-14)16-17(18)20-9-8-12(2)11-15(20)19-16/h4-7,12H,3,8-11,18H2,1-2H3. The molecule has 1 aromatic heterocycles. The Morgan fingerprint density at radius 2 is 2.10 bits per heavy atom. The fourth-order valence-electron chi connectivity index (χ4n) is 2.82. The van der Waals surface area contributed by atoms with Gasteiger partial charge in [-0.2, -0.15) is 0 Å². The zero-order valence-corrected chi connectivity index (χ0v) is 12.8. The van der Waals surface area contributed by atoms with E-state index in [9.17, 15) is 0 Å². The molecule has 4 heteroatoms. The highest BCUT2D eigenvalue weighted by Crippen LogP contribution is 2.31. The normalized spacial score (nSPS) is 17.5. The third-order valence-electron chi connectivity index (χ3n) is 4.06. The summed E-state index contributed by atoms with van der Waals surface area (Å²) in [4.78, 5) is 4.76. The number of nitrogen functional groups attached to an aromatic ring is 1. The summed E-state index contributed by atoms with van der Waals surface area (Å²) in [7, 11) is 0. The highest BCUT2D eigenvalue weighted by atomic mass is 16.5. The van der Waals surface area contributed by atoms with Crippen LogP contribution in [0.3, 0.4) is 0 Å². The molecule has 0 saturated carbocycles. The van der Waals surface area contributed by atoms with Gasteiger partial charge in [0.25, 0.3) is 0 Å². The highest BCUT2D eigenvalue weighted by molar-refractivity contribution is 5.71. The maximum atomic E-state index is 6.29. The van der Waals surface area contributed by atoms with Gasteiger partial charge in [0, 0.05) is 18.5 Å². The van der Waals surface area contributed by atoms with Gasteiger partial charge in [0.2, 0.25) is 0 Å². The predicted molar refractivity (Wildman–Crippen MR) is 85.3 cm³/mol. The number of hydrogen-bond acceptors (Lipinski definition) is 3. The van der Waals surface area contributed by atoms with E-state index in [0.29, 0.717) is 5.92 Å². The lowest BCUT2D eigenvalue weighted by Crippen LogP contribution is -2.18. The fraction of sp³-hybridized carbons (Fsp3) is 0.471. The summed E-state index contributed by atoms with van der Waals surface area (Å²) in [5.41, 5.74) is 8.25. The molecule has 2 N–H and O–H groups in total. The van der Waals surface area contributed by atoms with E-state index in [1.165, 1.54) is 6.42 Å². The molecule has 1 aromatic carbocycles. The van der Waals surface area contributed by atoms with Crippen LogP contribution in [0, 0.1) is 5.92 Å². The first-order valence-corrected chi connectivity index (χ1v) is 7.77. The molecule has 3 rings (SSSR count). The van der Waals surface area contributed by atoms with E-state index in [4.69, 9.17) is 15.5 Å². The predicted octanol–water partition coefficient (Wildman–Crippen LogP) is 3.50. The third-order valence-corrected chi connectivity index (χ3v) is 4.06. The van der Waals surface area contributed by atoms with E-state index >= 15 is 0 Å². The first kappa shape index (κ1) is 14.0. The molecule has 4 nitrogen and oxygen atoms in total. The number of aromatic nitrogens is 2.